The highest BCUT2D eigenvalue weighted by Crippen LogP contribution is 2.62. The van der Waals surface area contributed by atoms with E-state index >= 15 is 0 Å². The average molecular weight is 416 g/mol. The standard InChI is InChI=1S/C20H18P.HI/c1-21(15-16-9-3-2-4-10-16)19-13-7-5-11-17(19)18-12-6-8-14-20(18)21;/h2-14H,15H2,1H3;1H/q+1;/p-1. The Morgan fingerprint density at radius 2 is 1.09 bits per heavy atom. The SMILES string of the molecule is C[P+]1(Cc2ccccc2)c2ccccc2-c2ccccc21.[I-]. The van der Waals surface area contributed by atoms with E-state index in [-0.39, 0.29) is 24.0 Å². The summed E-state index contributed by atoms with van der Waals surface area (Å²) < 4.78 is 0. The first kappa shape index (κ1) is 15.7. The molecule has 0 unspecified atom stereocenters. The maximum Gasteiger partial charge on any atom is 0.107 e. The van der Waals surface area contributed by atoms with E-state index in [0.29, 0.717) is 0 Å². The normalized spacial score (nSPS) is 13.9. The van der Waals surface area contributed by atoms with E-state index in [1.165, 1.54) is 16.7 Å². The third-order valence-corrected chi connectivity index (χ3v) is 8.41. The minimum atomic E-state index is -1.32. The fourth-order valence-corrected chi connectivity index (χ4v) is 7.34. The third-order valence-electron chi connectivity index (χ3n) is 4.50. The number of hydrogen-bond acceptors (Lipinski definition) is 0. The van der Waals surface area contributed by atoms with E-state index < -0.39 is 7.26 Å². The van der Waals surface area contributed by atoms with Crippen LogP contribution < -0.4 is 34.6 Å². The van der Waals surface area contributed by atoms with Gasteiger partial charge in [-0.15, -0.1) is 0 Å². The molecule has 22 heavy (non-hydrogen) atoms. The molecule has 2 heteroatoms. The smallest absolute Gasteiger partial charge is 0.107 e. The predicted molar refractivity (Wildman–Crippen MR) is 94.1 cm³/mol. The summed E-state index contributed by atoms with van der Waals surface area (Å²) in [6, 6.07) is 28.9. The molecule has 110 valence electrons. The van der Waals surface area contributed by atoms with Crippen molar-refractivity contribution in [1.29, 1.82) is 0 Å². The number of benzene rings is 3. The van der Waals surface area contributed by atoms with Crippen LogP contribution in [0.3, 0.4) is 0 Å². The van der Waals surface area contributed by atoms with E-state index in [2.05, 4.69) is 85.5 Å². The Bertz CT molecular complexity index is 750. The van der Waals surface area contributed by atoms with Crippen molar-refractivity contribution in [2.24, 2.45) is 0 Å². The van der Waals surface area contributed by atoms with E-state index in [9.17, 15) is 0 Å². The van der Waals surface area contributed by atoms with Gasteiger partial charge in [0, 0.05) is 11.1 Å². The molecule has 3 aromatic carbocycles. The summed E-state index contributed by atoms with van der Waals surface area (Å²) in [7, 11) is -1.32. The topological polar surface area (TPSA) is 0 Å². The molecule has 1 heterocycles. The fraction of sp³-hybridized carbons (Fsp3) is 0.100. The first-order chi connectivity index (χ1) is 10.3. The molecule has 1 aliphatic rings. The van der Waals surface area contributed by atoms with Crippen molar-refractivity contribution in [1.82, 2.24) is 0 Å². The minimum Gasteiger partial charge on any atom is -1.00 e. The molecular weight excluding hydrogens is 398 g/mol. The van der Waals surface area contributed by atoms with Gasteiger partial charge in [0.2, 0.25) is 0 Å². The molecule has 0 aliphatic carbocycles. The second-order valence-corrected chi connectivity index (χ2v) is 9.53. The zero-order valence-corrected chi connectivity index (χ0v) is 15.6. The minimum absolute atomic E-state index is 0. The Labute approximate surface area is 149 Å². The molecule has 3 aromatic rings. The maximum atomic E-state index is 2.49. The summed E-state index contributed by atoms with van der Waals surface area (Å²) in [6.45, 7) is 2.49. The molecular formula is C20H18IP. The second kappa shape index (κ2) is 6.14. The van der Waals surface area contributed by atoms with Crippen LogP contribution >= 0.6 is 7.26 Å². The molecule has 0 amide bonds. The molecule has 0 aromatic heterocycles. The summed E-state index contributed by atoms with van der Waals surface area (Å²) in [5.74, 6) is 0. The monoisotopic (exact) mass is 416 g/mol. The van der Waals surface area contributed by atoms with Crippen LogP contribution in [0.5, 0.6) is 0 Å². The van der Waals surface area contributed by atoms with Crippen LogP contribution in [0.4, 0.5) is 0 Å². The summed E-state index contributed by atoms with van der Waals surface area (Å²) in [6.07, 6.45) is 1.15. The highest BCUT2D eigenvalue weighted by molar-refractivity contribution is 7.89. The number of hydrogen-bond donors (Lipinski definition) is 0. The van der Waals surface area contributed by atoms with Crippen LogP contribution in [0.1, 0.15) is 5.56 Å². The second-order valence-electron chi connectivity index (χ2n) is 5.87. The zero-order valence-electron chi connectivity index (χ0n) is 12.5. The predicted octanol–water partition coefficient (Wildman–Crippen LogP) is 1.47. The van der Waals surface area contributed by atoms with Crippen molar-refractivity contribution >= 4 is 17.9 Å². The van der Waals surface area contributed by atoms with Crippen molar-refractivity contribution in [2.45, 2.75) is 6.16 Å². The average Bonchev–Trinajstić information content (AvgIpc) is 2.79. The van der Waals surface area contributed by atoms with Crippen LogP contribution in [0, 0.1) is 0 Å². The highest BCUT2D eigenvalue weighted by Gasteiger charge is 2.46. The summed E-state index contributed by atoms with van der Waals surface area (Å²) in [5, 5.41) is 3.13. The van der Waals surface area contributed by atoms with Gasteiger partial charge in [0.1, 0.15) is 10.6 Å². The molecule has 0 saturated heterocycles. The van der Waals surface area contributed by atoms with Gasteiger partial charge in [-0.2, -0.15) is 0 Å². The molecule has 0 bridgehead atoms. The first-order valence-corrected chi connectivity index (χ1v) is 9.80. The van der Waals surface area contributed by atoms with Crippen molar-refractivity contribution in [2.75, 3.05) is 6.66 Å². The van der Waals surface area contributed by atoms with Crippen molar-refractivity contribution in [3.63, 3.8) is 0 Å². The van der Waals surface area contributed by atoms with Gasteiger partial charge in [-0.05, 0) is 17.7 Å². The van der Waals surface area contributed by atoms with Gasteiger partial charge in [-0.25, -0.2) is 0 Å². The molecule has 0 radical (unpaired) electrons. The quantitative estimate of drug-likeness (QED) is 0.439. The number of fused-ring (bicyclic) bond motifs is 3. The van der Waals surface area contributed by atoms with E-state index in [1.807, 2.05) is 0 Å². The summed E-state index contributed by atoms with van der Waals surface area (Å²) >= 11 is 0. The van der Waals surface area contributed by atoms with Gasteiger partial charge in [0.25, 0.3) is 0 Å². The lowest BCUT2D eigenvalue weighted by atomic mass is 10.1. The fourth-order valence-electron chi connectivity index (χ4n) is 3.51. The zero-order chi connectivity index (χ0) is 14.3. The van der Waals surface area contributed by atoms with Gasteiger partial charge < -0.3 is 24.0 Å². The Kier molecular flexibility index (Phi) is 4.38. The van der Waals surface area contributed by atoms with Crippen LogP contribution in [0.25, 0.3) is 11.1 Å². The van der Waals surface area contributed by atoms with Crippen LogP contribution in [0.15, 0.2) is 78.9 Å². The Morgan fingerprint density at radius 1 is 0.636 bits per heavy atom. The first-order valence-electron chi connectivity index (χ1n) is 7.38. The van der Waals surface area contributed by atoms with Gasteiger partial charge in [-0.3, -0.25) is 0 Å². The van der Waals surface area contributed by atoms with Crippen LogP contribution in [0.2, 0.25) is 0 Å². The Morgan fingerprint density at radius 3 is 1.64 bits per heavy atom. The van der Waals surface area contributed by atoms with Crippen molar-refractivity contribution in [3.05, 3.63) is 84.4 Å². The maximum absolute atomic E-state index is 2.49. The lowest BCUT2D eigenvalue weighted by Gasteiger charge is -2.19. The summed E-state index contributed by atoms with van der Waals surface area (Å²) in [4.78, 5) is 0. The van der Waals surface area contributed by atoms with E-state index in [0.717, 1.165) is 6.16 Å². The third kappa shape index (κ3) is 2.41. The van der Waals surface area contributed by atoms with Gasteiger partial charge in [0.15, 0.2) is 0 Å². The van der Waals surface area contributed by atoms with Crippen molar-refractivity contribution in [3.8, 4) is 11.1 Å². The van der Waals surface area contributed by atoms with Crippen molar-refractivity contribution < 1.29 is 24.0 Å². The lowest BCUT2D eigenvalue weighted by molar-refractivity contribution is -0.00000412. The lowest BCUT2D eigenvalue weighted by Crippen LogP contribution is -3.00. The highest BCUT2D eigenvalue weighted by atomic mass is 127. The van der Waals surface area contributed by atoms with E-state index in [4.69, 9.17) is 0 Å². The Hall–Kier alpha value is -1.18. The van der Waals surface area contributed by atoms with E-state index in [1.54, 1.807) is 10.6 Å². The van der Waals surface area contributed by atoms with Crippen LogP contribution in [-0.4, -0.2) is 6.66 Å². The molecule has 0 saturated carbocycles. The summed E-state index contributed by atoms with van der Waals surface area (Å²) in [5.41, 5.74) is 4.33. The molecule has 4 rings (SSSR count). The van der Waals surface area contributed by atoms with Crippen LogP contribution in [-0.2, 0) is 6.16 Å². The Balaban J connectivity index is 0.00000144. The van der Waals surface area contributed by atoms with Gasteiger partial charge >= 0.3 is 0 Å². The number of rotatable bonds is 2. The molecule has 0 nitrogen and oxygen atoms in total. The molecule has 0 fully saturated rings. The van der Waals surface area contributed by atoms with Gasteiger partial charge in [-0.1, -0.05) is 66.7 Å². The molecule has 0 atom stereocenters. The van der Waals surface area contributed by atoms with Gasteiger partial charge in [0.05, 0.1) is 20.1 Å². The molecule has 1 aliphatic heterocycles. The largest absolute Gasteiger partial charge is 1.00 e. The molecule has 0 spiro atoms. The molecule has 0 N–H and O–H groups in total. The number of halogens is 1.